The molecule has 1 aromatic carbocycles. The summed E-state index contributed by atoms with van der Waals surface area (Å²) in [6.45, 7) is 1.11. The van der Waals surface area contributed by atoms with Crippen molar-refractivity contribution in [1.29, 1.82) is 0 Å². The molecule has 0 amide bonds. The lowest BCUT2D eigenvalue weighted by Gasteiger charge is -2.22. The van der Waals surface area contributed by atoms with Crippen LogP contribution in [0.3, 0.4) is 0 Å². The Labute approximate surface area is 116 Å². The highest BCUT2D eigenvalue weighted by atomic mass is 35.5. The van der Waals surface area contributed by atoms with Crippen LogP contribution in [0.4, 0.5) is 0 Å². The molecule has 0 spiro atoms. The van der Waals surface area contributed by atoms with Crippen molar-refractivity contribution in [2.45, 2.75) is 25.4 Å². The second-order valence-electron chi connectivity index (χ2n) is 4.58. The topological polar surface area (TPSA) is 30.5 Å². The van der Waals surface area contributed by atoms with Gasteiger partial charge in [0.25, 0.3) is 0 Å². The fraction of sp³-hybridized carbons (Fsp3) is 0.538. The van der Waals surface area contributed by atoms with Gasteiger partial charge in [-0.15, -0.1) is 0 Å². The Balaban J connectivity index is 1.64. The lowest BCUT2D eigenvalue weighted by atomic mass is 10.1. The third kappa shape index (κ3) is 2.71. The quantitative estimate of drug-likeness (QED) is 0.925. The first-order chi connectivity index (χ1) is 8.83. The monoisotopic (exact) mass is 285 g/mol. The molecule has 1 aromatic rings. The van der Waals surface area contributed by atoms with Crippen LogP contribution < -0.4 is 14.8 Å². The second-order valence-corrected chi connectivity index (χ2v) is 6.21. The third-order valence-electron chi connectivity index (χ3n) is 3.30. The number of hydrogen-bond acceptors (Lipinski definition) is 4. The first-order valence-electron chi connectivity index (χ1n) is 6.22. The Morgan fingerprint density at radius 3 is 2.94 bits per heavy atom. The highest BCUT2D eigenvalue weighted by Crippen LogP contribution is 2.39. The average molecular weight is 286 g/mol. The predicted molar refractivity (Wildman–Crippen MR) is 74.8 cm³/mol. The van der Waals surface area contributed by atoms with Crippen LogP contribution in [-0.2, 0) is 6.54 Å². The molecule has 1 N–H and O–H groups in total. The summed E-state index contributed by atoms with van der Waals surface area (Å²) >= 11 is 8.20. The summed E-state index contributed by atoms with van der Waals surface area (Å²) in [4.78, 5) is 0. The van der Waals surface area contributed by atoms with Crippen LogP contribution in [-0.4, -0.2) is 24.3 Å². The number of ether oxygens (including phenoxy) is 2. The molecule has 0 atom stereocenters. The minimum absolute atomic E-state index is 0.270. The fourth-order valence-corrected chi connectivity index (χ4v) is 3.68. The summed E-state index contributed by atoms with van der Waals surface area (Å²) in [7, 11) is 0. The first-order valence-corrected chi connectivity index (χ1v) is 7.75. The van der Waals surface area contributed by atoms with Gasteiger partial charge in [-0.2, -0.15) is 11.8 Å². The minimum atomic E-state index is 0.270. The SMILES string of the molecule is Clc1cc(CNC2CCSCC2)cc2c1OCO2. The van der Waals surface area contributed by atoms with Gasteiger partial charge in [-0.1, -0.05) is 11.6 Å². The normalized spacial score (nSPS) is 19.2. The minimum Gasteiger partial charge on any atom is -0.454 e. The number of halogens is 1. The molecule has 5 heteroatoms. The van der Waals surface area contributed by atoms with Crippen LogP contribution in [0.2, 0.25) is 5.02 Å². The lowest BCUT2D eigenvalue weighted by Crippen LogP contribution is -2.32. The van der Waals surface area contributed by atoms with Crippen LogP contribution in [0.25, 0.3) is 0 Å². The summed E-state index contributed by atoms with van der Waals surface area (Å²) in [5.74, 6) is 3.96. The molecule has 1 saturated heterocycles. The summed E-state index contributed by atoms with van der Waals surface area (Å²) < 4.78 is 10.7. The molecular weight excluding hydrogens is 270 g/mol. The van der Waals surface area contributed by atoms with E-state index in [9.17, 15) is 0 Å². The number of thioether (sulfide) groups is 1. The smallest absolute Gasteiger partial charge is 0.231 e. The summed E-state index contributed by atoms with van der Waals surface area (Å²) in [6, 6.07) is 4.61. The van der Waals surface area contributed by atoms with Crippen molar-refractivity contribution >= 4 is 23.4 Å². The fourth-order valence-electron chi connectivity index (χ4n) is 2.29. The van der Waals surface area contributed by atoms with E-state index >= 15 is 0 Å². The molecule has 2 aliphatic rings. The van der Waals surface area contributed by atoms with Crippen molar-refractivity contribution in [1.82, 2.24) is 5.32 Å². The van der Waals surface area contributed by atoms with Gasteiger partial charge in [0.2, 0.25) is 6.79 Å². The van der Waals surface area contributed by atoms with Crippen molar-refractivity contribution in [3.63, 3.8) is 0 Å². The molecule has 2 heterocycles. The Bertz CT molecular complexity index is 435. The van der Waals surface area contributed by atoms with E-state index in [0.29, 0.717) is 16.8 Å². The van der Waals surface area contributed by atoms with E-state index in [2.05, 4.69) is 5.32 Å². The molecule has 0 unspecified atom stereocenters. The van der Waals surface area contributed by atoms with E-state index in [1.165, 1.54) is 24.3 Å². The maximum atomic E-state index is 6.16. The van der Waals surface area contributed by atoms with Gasteiger partial charge in [-0.25, -0.2) is 0 Å². The molecule has 0 aromatic heterocycles. The van der Waals surface area contributed by atoms with Crippen molar-refractivity contribution < 1.29 is 9.47 Å². The van der Waals surface area contributed by atoms with Gasteiger partial charge in [-0.3, -0.25) is 0 Å². The molecule has 98 valence electrons. The summed E-state index contributed by atoms with van der Waals surface area (Å²) in [6.07, 6.45) is 2.51. The van der Waals surface area contributed by atoms with E-state index < -0.39 is 0 Å². The van der Waals surface area contributed by atoms with Gasteiger partial charge in [0.1, 0.15) is 0 Å². The van der Waals surface area contributed by atoms with E-state index in [-0.39, 0.29) is 6.79 Å². The van der Waals surface area contributed by atoms with Crippen LogP contribution >= 0.6 is 23.4 Å². The number of nitrogens with one attached hydrogen (secondary N) is 1. The maximum absolute atomic E-state index is 6.16. The van der Waals surface area contributed by atoms with Gasteiger partial charge in [0, 0.05) is 12.6 Å². The van der Waals surface area contributed by atoms with Gasteiger partial charge in [-0.05, 0) is 42.0 Å². The zero-order chi connectivity index (χ0) is 12.4. The largest absolute Gasteiger partial charge is 0.454 e. The highest BCUT2D eigenvalue weighted by molar-refractivity contribution is 7.99. The van der Waals surface area contributed by atoms with Crippen LogP contribution in [0.1, 0.15) is 18.4 Å². The van der Waals surface area contributed by atoms with E-state index in [1.54, 1.807) is 0 Å². The molecular formula is C13H16ClNO2S. The van der Waals surface area contributed by atoms with Crippen molar-refractivity contribution in [2.24, 2.45) is 0 Å². The molecule has 0 bridgehead atoms. The number of hydrogen-bond donors (Lipinski definition) is 1. The third-order valence-corrected chi connectivity index (χ3v) is 4.63. The molecule has 0 aliphatic carbocycles. The van der Waals surface area contributed by atoms with Gasteiger partial charge in [0.05, 0.1) is 5.02 Å². The average Bonchev–Trinajstić information content (AvgIpc) is 2.86. The van der Waals surface area contributed by atoms with Gasteiger partial charge >= 0.3 is 0 Å². The molecule has 1 fully saturated rings. The van der Waals surface area contributed by atoms with Gasteiger partial charge in [0.15, 0.2) is 11.5 Å². The van der Waals surface area contributed by atoms with E-state index in [1.807, 2.05) is 23.9 Å². The highest BCUT2D eigenvalue weighted by Gasteiger charge is 2.19. The van der Waals surface area contributed by atoms with Crippen molar-refractivity contribution in [2.75, 3.05) is 18.3 Å². The Morgan fingerprint density at radius 1 is 1.28 bits per heavy atom. The zero-order valence-corrected chi connectivity index (χ0v) is 11.6. The standard InChI is InChI=1S/C13H16ClNO2S/c14-11-5-9(6-12-13(11)17-8-16-12)7-15-10-1-3-18-4-2-10/h5-6,10,15H,1-4,7-8H2. The lowest BCUT2D eigenvalue weighted by molar-refractivity contribution is 0.174. The molecule has 0 saturated carbocycles. The molecule has 0 radical (unpaired) electrons. The number of rotatable bonds is 3. The molecule has 3 nitrogen and oxygen atoms in total. The summed E-state index contributed by atoms with van der Waals surface area (Å²) in [5.41, 5.74) is 1.16. The molecule has 18 heavy (non-hydrogen) atoms. The van der Waals surface area contributed by atoms with E-state index in [0.717, 1.165) is 17.9 Å². The van der Waals surface area contributed by atoms with Crippen LogP contribution in [0, 0.1) is 0 Å². The second kappa shape index (κ2) is 5.59. The maximum Gasteiger partial charge on any atom is 0.231 e. The Morgan fingerprint density at radius 2 is 2.11 bits per heavy atom. The Hall–Kier alpha value is -0.580. The number of fused-ring (bicyclic) bond motifs is 1. The first kappa shape index (κ1) is 12.5. The van der Waals surface area contributed by atoms with E-state index in [4.69, 9.17) is 21.1 Å². The van der Waals surface area contributed by atoms with Crippen molar-refractivity contribution in [3.8, 4) is 11.5 Å². The number of benzene rings is 1. The van der Waals surface area contributed by atoms with Crippen LogP contribution in [0.5, 0.6) is 11.5 Å². The van der Waals surface area contributed by atoms with Crippen molar-refractivity contribution in [3.05, 3.63) is 22.7 Å². The molecule has 3 rings (SSSR count). The predicted octanol–water partition coefficient (Wildman–Crippen LogP) is 3.05. The van der Waals surface area contributed by atoms with Crippen LogP contribution in [0.15, 0.2) is 12.1 Å². The van der Waals surface area contributed by atoms with Gasteiger partial charge < -0.3 is 14.8 Å². The summed E-state index contributed by atoms with van der Waals surface area (Å²) in [5, 5.41) is 4.23. The molecule has 2 aliphatic heterocycles. The Kier molecular flexibility index (Phi) is 3.87. The zero-order valence-electron chi connectivity index (χ0n) is 10.1.